The van der Waals surface area contributed by atoms with E-state index >= 15 is 0 Å². The van der Waals surface area contributed by atoms with E-state index in [0.29, 0.717) is 17.2 Å². The lowest BCUT2D eigenvalue weighted by Gasteiger charge is -2.44. The van der Waals surface area contributed by atoms with Gasteiger partial charge in [-0.25, -0.2) is 0 Å². The normalized spacial score (nSPS) is 24.4. The predicted molar refractivity (Wildman–Crippen MR) is 120 cm³/mol. The lowest BCUT2D eigenvalue weighted by Crippen LogP contribution is -2.50. The fourth-order valence-corrected chi connectivity index (χ4v) is 5.31. The zero-order chi connectivity index (χ0) is 22.2. The summed E-state index contributed by atoms with van der Waals surface area (Å²) >= 11 is 0. The average Bonchev–Trinajstić information content (AvgIpc) is 3.29. The predicted octanol–water partition coefficient (Wildman–Crippen LogP) is 4.41. The number of likely N-dealkylation sites (tertiary alicyclic amines) is 1. The molecular weight excluding hydrogens is 410 g/mol. The molecule has 0 bridgehead atoms. The van der Waals surface area contributed by atoms with Gasteiger partial charge in [-0.1, -0.05) is 13.3 Å². The van der Waals surface area contributed by atoms with Gasteiger partial charge in [0, 0.05) is 36.6 Å². The summed E-state index contributed by atoms with van der Waals surface area (Å²) < 4.78 is 34.8. The van der Waals surface area contributed by atoms with Crippen molar-refractivity contribution in [3.8, 4) is 34.5 Å². The van der Waals surface area contributed by atoms with Gasteiger partial charge in [-0.2, -0.15) is 0 Å². The van der Waals surface area contributed by atoms with Gasteiger partial charge in [0.2, 0.25) is 12.5 Å². The van der Waals surface area contributed by atoms with Crippen molar-refractivity contribution >= 4 is 0 Å². The van der Waals surface area contributed by atoms with Crippen molar-refractivity contribution in [2.45, 2.75) is 38.3 Å². The van der Waals surface area contributed by atoms with Crippen molar-refractivity contribution in [1.82, 2.24) is 4.90 Å². The van der Waals surface area contributed by atoms with Crippen molar-refractivity contribution in [3.63, 3.8) is 0 Å². The lowest BCUT2D eigenvalue weighted by molar-refractivity contribution is -0.0403. The highest BCUT2D eigenvalue weighted by Gasteiger charge is 2.41. The zero-order valence-corrected chi connectivity index (χ0v) is 19.2. The first-order valence-electron chi connectivity index (χ1n) is 11.3. The molecule has 2 aromatic rings. The van der Waals surface area contributed by atoms with Crippen LogP contribution in [0.5, 0.6) is 34.5 Å². The Hall–Kier alpha value is -2.80. The Balaban J connectivity index is 1.64. The molecule has 2 aromatic carbocycles. The maximum Gasteiger partial charge on any atom is 0.231 e. The molecule has 0 amide bonds. The van der Waals surface area contributed by atoms with E-state index in [1.165, 1.54) is 19.3 Å². The van der Waals surface area contributed by atoms with Crippen LogP contribution in [0.1, 0.15) is 43.2 Å². The van der Waals surface area contributed by atoms with Crippen LogP contribution in [0.3, 0.4) is 0 Å². The van der Waals surface area contributed by atoms with Gasteiger partial charge in [0.15, 0.2) is 29.2 Å². The lowest BCUT2D eigenvalue weighted by atomic mass is 9.77. The third-order valence-electron chi connectivity index (χ3n) is 6.86. The van der Waals surface area contributed by atoms with Crippen LogP contribution in [0.4, 0.5) is 0 Å². The molecule has 0 radical (unpaired) electrons. The van der Waals surface area contributed by atoms with E-state index in [0.717, 1.165) is 41.5 Å². The standard InChI is InChI=1S/C25H31NO6/c1-15-23(16-10-21(27-2)24(29-4)22(11-16)28-3)17-12-19-20(31-14-30-19)13-18(17)32-25(15)26-8-6-5-7-9-26/h10-13,15,23,25H,5-9,14H2,1-4H3/t15-,23-,25+/m1/s1. The fraction of sp³-hybridized carbons (Fsp3) is 0.520. The minimum atomic E-state index is -0.0211. The Bertz CT molecular complexity index is 962. The van der Waals surface area contributed by atoms with Gasteiger partial charge in [-0.15, -0.1) is 0 Å². The van der Waals surface area contributed by atoms with Crippen molar-refractivity contribution in [2.24, 2.45) is 5.92 Å². The quantitative estimate of drug-likeness (QED) is 0.681. The molecule has 0 aliphatic carbocycles. The molecule has 7 nitrogen and oxygen atoms in total. The summed E-state index contributed by atoms with van der Waals surface area (Å²) in [5.41, 5.74) is 2.18. The largest absolute Gasteiger partial charge is 0.493 e. The number of methoxy groups -OCH3 is 3. The second kappa shape index (κ2) is 8.62. The molecule has 5 rings (SSSR count). The van der Waals surface area contributed by atoms with Crippen LogP contribution in [0.2, 0.25) is 0 Å². The van der Waals surface area contributed by atoms with Gasteiger partial charge in [0.1, 0.15) is 5.75 Å². The Labute approximate surface area is 189 Å². The minimum absolute atomic E-state index is 0.0211. The first kappa shape index (κ1) is 21.1. The molecule has 32 heavy (non-hydrogen) atoms. The topological polar surface area (TPSA) is 58.6 Å². The van der Waals surface area contributed by atoms with Crippen molar-refractivity contribution in [2.75, 3.05) is 41.2 Å². The van der Waals surface area contributed by atoms with Crippen LogP contribution in [0, 0.1) is 5.92 Å². The summed E-state index contributed by atoms with van der Waals surface area (Å²) in [5.74, 6) is 4.50. The van der Waals surface area contributed by atoms with E-state index in [9.17, 15) is 0 Å². The molecule has 1 fully saturated rings. The summed E-state index contributed by atoms with van der Waals surface area (Å²) in [6.07, 6.45) is 3.67. The zero-order valence-electron chi connectivity index (χ0n) is 19.2. The van der Waals surface area contributed by atoms with Crippen LogP contribution in [0.15, 0.2) is 24.3 Å². The number of piperidine rings is 1. The molecule has 7 heteroatoms. The van der Waals surface area contributed by atoms with E-state index in [1.807, 2.05) is 6.07 Å². The Kier molecular flexibility index (Phi) is 5.67. The summed E-state index contributed by atoms with van der Waals surface area (Å²) in [6, 6.07) is 8.14. The molecule has 0 spiro atoms. The van der Waals surface area contributed by atoms with Gasteiger partial charge in [-0.05, 0) is 36.6 Å². The van der Waals surface area contributed by atoms with Crippen LogP contribution in [-0.2, 0) is 0 Å². The molecule has 3 heterocycles. The van der Waals surface area contributed by atoms with E-state index in [-0.39, 0.29) is 24.9 Å². The molecular formula is C25H31NO6. The number of fused-ring (bicyclic) bond motifs is 2. The summed E-state index contributed by atoms with van der Waals surface area (Å²) in [7, 11) is 4.92. The molecule has 1 saturated heterocycles. The number of hydrogen-bond donors (Lipinski definition) is 0. The van der Waals surface area contributed by atoms with Crippen LogP contribution in [0.25, 0.3) is 0 Å². The van der Waals surface area contributed by atoms with Crippen LogP contribution in [-0.4, -0.2) is 52.3 Å². The molecule has 0 N–H and O–H groups in total. The second-order valence-corrected chi connectivity index (χ2v) is 8.64. The van der Waals surface area contributed by atoms with E-state index < -0.39 is 0 Å². The van der Waals surface area contributed by atoms with Gasteiger partial charge in [-0.3, -0.25) is 4.90 Å². The third-order valence-corrected chi connectivity index (χ3v) is 6.86. The molecule has 172 valence electrons. The Morgan fingerprint density at radius 2 is 1.47 bits per heavy atom. The van der Waals surface area contributed by atoms with Crippen molar-refractivity contribution in [1.29, 1.82) is 0 Å². The molecule has 3 atom stereocenters. The molecule has 0 aromatic heterocycles. The first-order valence-corrected chi connectivity index (χ1v) is 11.3. The number of rotatable bonds is 5. The van der Waals surface area contributed by atoms with E-state index in [2.05, 4.69) is 30.0 Å². The summed E-state index contributed by atoms with van der Waals surface area (Å²) in [4.78, 5) is 2.48. The minimum Gasteiger partial charge on any atom is -0.493 e. The monoisotopic (exact) mass is 441 g/mol. The second-order valence-electron chi connectivity index (χ2n) is 8.64. The highest BCUT2D eigenvalue weighted by Crippen LogP contribution is 2.52. The highest BCUT2D eigenvalue weighted by atomic mass is 16.7. The SMILES string of the molecule is COc1cc([C@@H]2c3cc4c(cc3O[C@H](N3CCCCC3)[C@@H]2C)OCO4)cc(OC)c1OC. The average molecular weight is 442 g/mol. The van der Waals surface area contributed by atoms with Crippen molar-refractivity contribution < 1.29 is 28.4 Å². The Morgan fingerprint density at radius 1 is 0.812 bits per heavy atom. The maximum absolute atomic E-state index is 6.62. The number of benzene rings is 2. The summed E-state index contributed by atoms with van der Waals surface area (Å²) in [5, 5.41) is 0. The van der Waals surface area contributed by atoms with Gasteiger partial charge in [0.05, 0.1) is 21.3 Å². The van der Waals surface area contributed by atoms with Crippen LogP contribution >= 0.6 is 0 Å². The smallest absolute Gasteiger partial charge is 0.231 e. The third kappa shape index (κ3) is 3.48. The van der Waals surface area contributed by atoms with Gasteiger partial charge in [0.25, 0.3) is 0 Å². The first-order chi connectivity index (χ1) is 15.6. The fourth-order valence-electron chi connectivity index (χ4n) is 5.31. The summed E-state index contributed by atoms with van der Waals surface area (Å²) in [6.45, 7) is 4.60. The molecule has 0 unspecified atom stereocenters. The Morgan fingerprint density at radius 3 is 2.09 bits per heavy atom. The number of nitrogens with zero attached hydrogens (tertiary/aromatic N) is 1. The highest BCUT2D eigenvalue weighted by molar-refractivity contribution is 5.60. The molecule has 3 aliphatic rings. The molecule has 3 aliphatic heterocycles. The van der Waals surface area contributed by atoms with E-state index in [4.69, 9.17) is 28.4 Å². The van der Waals surface area contributed by atoms with Crippen molar-refractivity contribution in [3.05, 3.63) is 35.4 Å². The van der Waals surface area contributed by atoms with Crippen LogP contribution < -0.4 is 28.4 Å². The maximum atomic E-state index is 6.62. The van der Waals surface area contributed by atoms with E-state index in [1.54, 1.807) is 21.3 Å². The molecule has 0 saturated carbocycles. The van der Waals surface area contributed by atoms with Gasteiger partial charge < -0.3 is 28.4 Å². The number of ether oxygens (including phenoxy) is 6. The number of hydrogen-bond acceptors (Lipinski definition) is 7. The van der Waals surface area contributed by atoms with Gasteiger partial charge >= 0.3 is 0 Å².